The summed E-state index contributed by atoms with van der Waals surface area (Å²) in [5.74, 6) is -0.149. The maximum atomic E-state index is 12.3. The number of anilines is 1. The molecule has 2 amide bonds. The Morgan fingerprint density at radius 3 is 2.20 bits per heavy atom. The van der Waals surface area contributed by atoms with E-state index < -0.39 is 5.91 Å². The Morgan fingerprint density at radius 2 is 1.75 bits per heavy atom. The van der Waals surface area contributed by atoms with Crippen LogP contribution in [0.1, 0.15) is 17.3 Å². The van der Waals surface area contributed by atoms with E-state index in [1.165, 1.54) is 31.3 Å². The monoisotopic (exact) mass is 281 g/mol. The van der Waals surface area contributed by atoms with Gasteiger partial charge in [-0.1, -0.05) is 0 Å². The smallest absolute Gasteiger partial charge is 0.256 e. The Labute approximate surface area is 117 Å². The minimum atomic E-state index is -0.584. The Morgan fingerprint density at radius 1 is 1.20 bits per heavy atom. The molecule has 0 aliphatic carbocycles. The third-order valence-corrected chi connectivity index (χ3v) is 2.80. The van der Waals surface area contributed by atoms with Crippen molar-refractivity contribution in [1.29, 1.82) is 0 Å². The second-order valence-corrected chi connectivity index (χ2v) is 4.08. The molecule has 0 aliphatic heterocycles. The first kappa shape index (κ1) is 15.6. The fraction of sp³-hybridized carbons (Fsp3) is 0.385. The summed E-state index contributed by atoms with van der Waals surface area (Å²) >= 11 is 0. The number of ether oxygens (including phenoxy) is 2. The molecule has 1 rings (SSSR count). The zero-order valence-corrected chi connectivity index (χ0v) is 11.8. The van der Waals surface area contributed by atoms with Gasteiger partial charge in [0.1, 0.15) is 0 Å². The number of hydrogen-bond donors (Lipinski definition) is 2. The van der Waals surface area contributed by atoms with E-state index in [1.807, 2.05) is 0 Å². The van der Waals surface area contributed by atoms with E-state index >= 15 is 0 Å². The number of methoxy groups -OCH3 is 2. The molecule has 0 spiro atoms. The molecule has 0 radical (unpaired) electrons. The van der Waals surface area contributed by atoms with Crippen LogP contribution in [0.25, 0.3) is 0 Å². The van der Waals surface area contributed by atoms with Crippen LogP contribution in [-0.4, -0.2) is 44.0 Å². The lowest BCUT2D eigenvalue weighted by atomic mass is 10.1. The van der Waals surface area contributed by atoms with Gasteiger partial charge in [-0.25, -0.2) is 0 Å². The van der Waals surface area contributed by atoms with Crippen molar-refractivity contribution >= 4 is 17.5 Å². The van der Waals surface area contributed by atoms with Gasteiger partial charge in [0.05, 0.1) is 26.3 Å². The highest BCUT2D eigenvalue weighted by Crippen LogP contribution is 2.32. The minimum absolute atomic E-state index is 0.164. The first-order chi connectivity index (χ1) is 9.44. The standard InChI is InChI=1S/C13H19N3O4/c1-4-16(7-12(15)17)13(18)8-5-10(19-2)11(20-3)6-9(8)14/h5-6H,4,7,14H2,1-3H3,(H2,15,17). The lowest BCUT2D eigenvalue weighted by molar-refractivity contribution is -0.118. The third-order valence-electron chi connectivity index (χ3n) is 2.80. The molecule has 1 aromatic rings. The van der Waals surface area contributed by atoms with Crippen LogP contribution < -0.4 is 20.9 Å². The zero-order chi connectivity index (χ0) is 15.3. The molecule has 0 fully saturated rings. The number of hydrogen-bond acceptors (Lipinski definition) is 5. The number of likely N-dealkylation sites (N-methyl/N-ethyl adjacent to an activating group) is 1. The van der Waals surface area contributed by atoms with E-state index in [0.29, 0.717) is 18.0 Å². The number of nitrogen functional groups attached to an aromatic ring is 1. The van der Waals surface area contributed by atoms with Crippen molar-refractivity contribution in [1.82, 2.24) is 4.90 Å². The van der Waals surface area contributed by atoms with Crippen LogP contribution in [0.5, 0.6) is 11.5 Å². The van der Waals surface area contributed by atoms with Gasteiger partial charge in [-0.2, -0.15) is 0 Å². The van der Waals surface area contributed by atoms with Crippen LogP contribution in [-0.2, 0) is 4.79 Å². The van der Waals surface area contributed by atoms with Crippen molar-refractivity contribution in [2.45, 2.75) is 6.92 Å². The van der Waals surface area contributed by atoms with Crippen LogP contribution in [0.4, 0.5) is 5.69 Å². The van der Waals surface area contributed by atoms with Gasteiger partial charge < -0.3 is 25.8 Å². The molecule has 1 aromatic carbocycles. The van der Waals surface area contributed by atoms with Crippen molar-refractivity contribution in [3.63, 3.8) is 0 Å². The second kappa shape index (κ2) is 6.65. The molecular formula is C13H19N3O4. The van der Waals surface area contributed by atoms with E-state index in [2.05, 4.69) is 0 Å². The summed E-state index contributed by atoms with van der Waals surface area (Å²) in [7, 11) is 2.94. The highest BCUT2D eigenvalue weighted by atomic mass is 16.5. The van der Waals surface area contributed by atoms with Gasteiger partial charge in [-0.3, -0.25) is 9.59 Å². The van der Waals surface area contributed by atoms with Crippen molar-refractivity contribution in [3.05, 3.63) is 17.7 Å². The van der Waals surface area contributed by atoms with Crippen LogP contribution >= 0.6 is 0 Å². The van der Waals surface area contributed by atoms with E-state index in [0.717, 1.165) is 0 Å². The number of carbonyl (C=O) groups is 2. The summed E-state index contributed by atoms with van der Waals surface area (Å²) < 4.78 is 10.2. The van der Waals surface area contributed by atoms with Gasteiger partial charge >= 0.3 is 0 Å². The molecule has 4 N–H and O–H groups in total. The normalized spacial score (nSPS) is 9.95. The molecule has 0 aliphatic rings. The minimum Gasteiger partial charge on any atom is -0.493 e. The highest BCUT2D eigenvalue weighted by molar-refractivity contribution is 6.01. The summed E-state index contributed by atoms with van der Waals surface area (Å²) in [5.41, 5.74) is 11.4. The fourth-order valence-corrected chi connectivity index (χ4v) is 1.77. The molecule has 0 heterocycles. The molecule has 20 heavy (non-hydrogen) atoms. The van der Waals surface area contributed by atoms with Gasteiger partial charge in [-0.15, -0.1) is 0 Å². The van der Waals surface area contributed by atoms with Crippen molar-refractivity contribution in [2.75, 3.05) is 33.0 Å². The molecule has 110 valence electrons. The number of amides is 2. The Balaban J connectivity index is 3.17. The number of carbonyl (C=O) groups excluding carboxylic acids is 2. The lowest BCUT2D eigenvalue weighted by Crippen LogP contribution is -2.38. The first-order valence-electron chi connectivity index (χ1n) is 6.03. The topological polar surface area (TPSA) is 108 Å². The molecule has 7 nitrogen and oxygen atoms in total. The van der Waals surface area contributed by atoms with E-state index in [-0.39, 0.29) is 23.7 Å². The van der Waals surface area contributed by atoms with Gasteiger partial charge in [0.15, 0.2) is 11.5 Å². The van der Waals surface area contributed by atoms with Gasteiger partial charge in [-0.05, 0) is 13.0 Å². The summed E-state index contributed by atoms with van der Waals surface area (Å²) in [6.45, 7) is 1.93. The van der Waals surface area contributed by atoms with E-state index in [9.17, 15) is 9.59 Å². The van der Waals surface area contributed by atoms with Crippen molar-refractivity contribution in [3.8, 4) is 11.5 Å². The molecule has 0 aromatic heterocycles. The molecule has 0 atom stereocenters. The zero-order valence-electron chi connectivity index (χ0n) is 11.8. The van der Waals surface area contributed by atoms with Gasteiger partial charge in [0.2, 0.25) is 5.91 Å². The summed E-state index contributed by atoms with van der Waals surface area (Å²) in [6.07, 6.45) is 0. The average molecular weight is 281 g/mol. The van der Waals surface area contributed by atoms with Crippen molar-refractivity contribution < 1.29 is 19.1 Å². The van der Waals surface area contributed by atoms with Crippen LogP contribution in [0, 0.1) is 0 Å². The fourth-order valence-electron chi connectivity index (χ4n) is 1.77. The molecular weight excluding hydrogens is 262 g/mol. The van der Waals surface area contributed by atoms with E-state index in [1.54, 1.807) is 6.92 Å². The summed E-state index contributed by atoms with van der Waals surface area (Å²) in [6, 6.07) is 2.99. The second-order valence-electron chi connectivity index (χ2n) is 4.08. The van der Waals surface area contributed by atoms with Crippen LogP contribution in [0.2, 0.25) is 0 Å². The Bertz CT molecular complexity index is 517. The number of benzene rings is 1. The Hall–Kier alpha value is -2.44. The summed E-state index contributed by atoms with van der Waals surface area (Å²) in [4.78, 5) is 24.6. The number of rotatable bonds is 6. The van der Waals surface area contributed by atoms with Crippen molar-refractivity contribution in [2.24, 2.45) is 5.73 Å². The predicted octanol–water partition coefficient (Wildman–Crippen LogP) is 0.233. The maximum absolute atomic E-state index is 12.3. The maximum Gasteiger partial charge on any atom is 0.256 e. The Kier molecular flexibility index (Phi) is 5.19. The molecule has 0 unspecified atom stereocenters. The molecule has 0 bridgehead atoms. The van der Waals surface area contributed by atoms with Crippen LogP contribution in [0.3, 0.4) is 0 Å². The van der Waals surface area contributed by atoms with Gasteiger partial charge in [0.25, 0.3) is 5.91 Å². The largest absolute Gasteiger partial charge is 0.493 e. The third kappa shape index (κ3) is 3.31. The number of nitrogens with zero attached hydrogens (tertiary/aromatic N) is 1. The lowest BCUT2D eigenvalue weighted by Gasteiger charge is -2.20. The number of primary amides is 1. The summed E-state index contributed by atoms with van der Waals surface area (Å²) in [5, 5.41) is 0. The van der Waals surface area contributed by atoms with E-state index in [4.69, 9.17) is 20.9 Å². The predicted molar refractivity (Wildman–Crippen MR) is 74.7 cm³/mol. The van der Waals surface area contributed by atoms with Gasteiger partial charge in [0, 0.05) is 18.3 Å². The SMILES string of the molecule is CCN(CC(N)=O)C(=O)c1cc(OC)c(OC)cc1N. The quantitative estimate of drug-likeness (QED) is 0.726. The van der Waals surface area contributed by atoms with Crippen LogP contribution in [0.15, 0.2) is 12.1 Å². The highest BCUT2D eigenvalue weighted by Gasteiger charge is 2.21. The molecule has 0 saturated carbocycles. The first-order valence-corrected chi connectivity index (χ1v) is 6.03. The molecule has 7 heteroatoms. The molecule has 0 saturated heterocycles. The average Bonchev–Trinajstić information content (AvgIpc) is 2.43. The number of nitrogens with two attached hydrogens (primary N) is 2.